The first-order valence-electron chi connectivity index (χ1n) is 9.09. The molecule has 1 aromatic carbocycles. The topological polar surface area (TPSA) is 60.8 Å². The summed E-state index contributed by atoms with van der Waals surface area (Å²) in [5, 5.41) is 21.1. The summed E-state index contributed by atoms with van der Waals surface area (Å²) in [6.45, 7) is 5.91. The molecule has 4 heteroatoms. The number of rotatable bonds is 2. The molecule has 2 fully saturated rings. The van der Waals surface area contributed by atoms with Crippen molar-refractivity contribution >= 4 is 5.91 Å². The van der Waals surface area contributed by atoms with Crippen LogP contribution in [0.15, 0.2) is 30.3 Å². The first-order valence-corrected chi connectivity index (χ1v) is 9.09. The first-order chi connectivity index (χ1) is 11.4. The summed E-state index contributed by atoms with van der Waals surface area (Å²) in [5.74, 6) is 0.0602. The van der Waals surface area contributed by atoms with Crippen molar-refractivity contribution in [1.82, 2.24) is 4.90 Å². The molecule has 0 spiro atoms. The van der Waals surface area contributed by atoms with Gasteiger partial charge in [-0.15, -0.1) is 0 Å². The molecule has 1 saturated heterocycles. The van der Waals surface area contributed by atoms with E-state index in [1.54, 1.807) is 0 Å². The Labute approximate surface area is 144 Å². The second-order valence-corrected chi connectivity index (χ2v) is 8.00. The van der Waals surface area contributed by atoms with Crippen molar-refractivity contribution in [3.05, 3.63) is 35.9 Å². The Morgan fingerprint density at radius 2 is 1.88 bits per heavy atom. The number of carbonyl (C=O) groups is 1. The van der Waals surface area contributed by atoms with Gasteiger partial charge in [-0.05, 0) is 31.2 Å². The van der Waals surface area contributed by atoms with Gasteiger partial charge in [0, 0.05) is 17.4 Å². The molecule has 0 bridgehead atoms. The van der Waals surface area contributed by atoms with E-state index in [4.69, 9.17) is 0 Å². The molecule has 2 aliphatic rings. The van der Waals surface area contributed by atoms with E-state index in [1.807, 2.05) is 43.9 Å². The molecule has 1 heterocycles. The molecule has 24 heavy (non-hydrogen) atoms. The number of aliphatic hydroxyl groups is 2. The lowest BCUT2D eigenvalue weighted by molar-refractivity contribution is -0.139. The predicted molar refractivity (Wildman–Crippen MR) is 93.2 cm³/mol. The predicted octanol–water partition coefficient (Wildman–Crippen LogP) is 2.90. The van der Waals surface area contributed by atoms with E-state index in [2.05, 4.69) is 12.1 Å². The van der Waals surface area contributed by atoms with Crippen molar-refractivity contribution in [2.45, 2.75) is 70.7 Å². The van der Waals surface area contributed by atoms with Crippen LogP contribution < -0.4 is 0 Å². The summed E-state index contributed by atoms with van der Waals surface area (Å²) in [4.78, 5) is 15.0. The van der Waals surface area contributed by atoms with Gasteiger partial charge in [-0.25, -0.2) is 0 Å². The van der Waals surface area contributed by atoms with Crippen molar-refractivity contribution in [1.29, 1.82) is 0 Å². The minimum absolute atomic E-state index is 0.0234. The Bertz CT molecular complexity index is 588. The molecule has 1 aliphatic heterocycles. The highest BCUT2D eigenvalue weighted by molar-refractivity contribution is 5.79. The summed E-state index contributed by atoms with van der Waals surface area (Å²) in [7, 11) is 0. The van der Waals surface area contributed by atoms with Gasteiger partial charge < -0.3 is 15.1 Å². The van der Waals surface area contributed by atoms with Crippen LogP contribution in [0.1, 0.15) is 58.1 Å². The lowest BCUT2D eigenvalue weighted by atomic mass is 9.74. The highest BCUT2D eigenvalue weighted by Gasteiger charge is 2.57. The SMILES string of the molecule is CC(C)C(=O)N1[C@@H](c2ccccc2)C[C@@]2(C)[C@@H](O)[C@@H](O)CCC[C@@H]12. The second-order valence-electron chi connectivity index (χ2n) is 8.00. The minimum Gasteiger partial charge on any atom is -0.390 e. The molecule has 1 aromatic rings. The monoisotopic (exact) mass is 331 g/mol. The van der Waals surface area contributed by atoms with Crippen LogP contribution in [0.5, 0.6) is 0 Å². The van der Waals surface area contributed by atoms with Crippen LogP contribution in [-0.4, -0.2) is 39.3 Å². The third kappa shape index (κ3) is 2.76. The number of fused-ring (bicyclic) bond motifs is 1. The number of benzene rings is 1. The van der Waals surface area contributed by atoms with Gasteiger partial charge >= 0.3 is 0 Å². The van der Waals surface area contributed by atoms with Gasteiger partial charge in [0.2, 0.25) is 5.91 Å². The van der Waals surface area contributed by atoms with Crippen molar-refractivity contribution in [2.24, 2.45) is 11.3 Å². The Morgan fingerprint density at radius 1 is 1.21 bits per heavy atom. The Morgan fingerprint density at radius 3 is 2.50 bits per heavy atom. The van der Waals surface area contributed by atoms with E-state index < -0.39 is 17.6 Å². The van der Waals surface area contributed by atoms with Crippen LogP contribution in [0, 0.1) is 11.3 Å². The van der Waals surface area contributed by atoms with Crippen LogP contribution in [0.25, 0.3) is 0 Å². The summed E-state index contributed by atoms with van der Waals surface area (Å²) < 4.78 is 0. The van der Waals surface area contributed by atoms with Crippen molar-refractivity contribution in [3.63, 3.8) is 0 Å². The fourth-order valence-electron chi connectivity index (χ4n) is 4.65. The molecule has 132 valence electrons. The molecular weight excluding hydrogens is 302 g/mol. The number of hydrogen-bond donors (Lipinski definition) is 2. The standard InChI is InChI=1S/C20H29NO3/c1-13(2)19(24)21-15(14-8-5-4-6-9-14)12-20(3)17(21)11-7-10-16(22)18(20)23/h4-6,8-9,13,15-18,22-23H,7,10-12H2,1-3H3/t15-,16+,17-,18+,20-/m1/s1. The van der Waals surface area contributed by atoms with Gasteiger partial charge in [0.1, 0.15) is 0 Å². The second kappa shape index (κ2) is 6.49. The lowest BCUT2D eigenvalue weighted by Crippen LogP contribution is -2.49. The Balaban J connectivity index is 2.05. The molecule has 3 rings (SSSR count). The zero-order chi connectivity index (χ0) is 17.5. The molecule has 1 aliphatic carbocycles. The third-order valence-corrected chi connectivity index (χ3v) is 6.02. The molecule has 1 saturated carbocycles. The smallest absolute Gasteiger partial charge is 0.225 e. The van der Waals surface area contributed by atoms with Crippen LogP contribution in [0.4, 0.5) is 0 Å². The quantitative estimate of drug-likeness (QED) is 0.876. The van der Waals surface area contributed by atoms with Crippen LogP contribution in [-0.2, 0) is 4.79 Å². The van der Waals surface area contributed by atoms with Crippen LogP contribution in [0.2, 0.25) is 0 Å². The van der Waals surface area contributed by atoms with E-state index in [1.165, 1.54) is 0 Å². The zero-order valence-corrected chi connectivity index (χ0v) is 14.9. The third-order valence-electron chi connectivity index (χ3n) is 6.02. The van der Waals surface area contributed by atoms with E-state index in [9.17, 15) is 15.0 Å². The van der Waals surface area contributed by atoms with E-state index in [-0.39, 0.29) is 23.9 Å². The van der Waals surface area contributed by atoms with Crippen molar-refractivity contribution in [3.8, 4) is 0 Å². The van der Waals surface area contributed by atoms with Gasteiger partial charge in [0.15, 0.2) is 0 Å². The highest BCUT2D eigenvalue weighted by Crippen LogP contribution is 2.53. The van der Waals surface area contributed by atoms with Gasteiger partial charge in [-0.2, -0.15) is 0 Å². The molecular formula is C20H29NO3. The summed E-state index contributed by atoms with van der Waals surface area (Å²) in [5.41, 5.74) is 0.642. The normalized spacial score (nSPS) is 36.5. The fraction of sp³-hybridized carbons (Fsp3) is 0.650. The molecule has 0 aromatic heterocycles. The van der Waals surface area contributed by atoms with E-state index >= 15 is 0 Å². The van der Waals surface area contributed by atoms with E-state index in [0.29, 0.717) is 12.8 Å². The van der Waals surface area contributed by atoms with Crippen LogP contribution in [0.3, 0.4) is 0 Å². The molecule has 5 atom stereocenters. The molecule has 0 radical (unpaired) electrons. The molecule has 2 N–H and O–H groups in total. The summed E-state index contributed by atoms with van der Waals surface area (Å²) in [6, 6.07) is 10.0. The maximum atomic E-state index is 13.0. The number of aliphatic hydroxyl groups excluding tert-OH is 2. The fourth-order valence-corrected chi connectivity index (χ4v) is 4.65. The van der Waals surface area contributed by atoms with Gasteiger partial charge in [-0.1, -0.05) is 51.1 Å². The molecule has 0 unspecified atom stereocenters. The number of likely N-dealkylation sites (tertiary alicyclic amines) is 1. The summed E-state index contributed by atoms with van der Waals surface area (Å²) >= 11 is 0. The largest absolute Gasteiger partial charge is 0.390 e. The Kier molecular flexibility index (Phi) is 4.71. The lowest BCUT2D eigenvalue weighted by Gasteiger charge is -2.38. The Hall–Kier alpha value is -1.39. The van der Waals surface area contributed by atoms with Gasteiger partial charge in [0.05, 0.1) is 18.2 Å². The average molecular weight is 331 g/mol. The zero-order valence-electron chi connectivity index (χ0n) is 14.9. The number of hydrogen-bond acceptors (Lipinski definition) is 3. The van der Waals surface area contributed by atoms with Gasteiger partial charge in [-0.3, -0.25) is 4.79 Å². The minimum atomic E-state index is -0.791. The maximum absolute atomic E-state index is 13.0. The number of nitrogens with zero attached hydrogens (tertiary/aromatic N) is 1. The van der Waals surface area contributed by atoms with Gasteiger partial charge in [0.25, 0.3) is 0 Å². The summed E-state index contributed by atoms with van der Waals surface area (Å²) in [6.07, 6.45) is 1.48. The first kappa shape index (κ1) is 17.4. The van der Waals surface area contributed by atoms with Crippen LogP contribution >= 0.6 is 0 Å². The number of carbonyl (C=O) groups excluding carboxylic acids is 1. The maximum Gasteiger partial charge on any atom is 0.225 e. The van der Waals surface area contributed by atoms with E-state index in [0.717, 1.165) is 18.4 Å². The highest BCUT2D eigenvalue weighted by atomic mass is 16.3. The van der Waals surface area contributed by atoms with Crippen molar-refractivity contribution in [2.75, 3.05) is 0 Å². The van der Waals surface area contributed by atoms with Crippen molar-refractivity contribution < 1.29 is 15.0 Å². The molecule has 1 amide bonds. The molecule has 4 nitrogen and oxygen atoms in total. The number of amides is 1. The average Bonchev–Trinajstić information content (AvgIpc) is 2.82.